The van der Waals surface area contributed by atoms with E-state index in [0.29, 0.717) is 0 Å². The molecule has 2 rings (SSSR count). The molecule has 1 aromatic carbocycles. The number of halogens is 1. The van der Waals surface area contributed by atoms with Crippen molar-refractivity contribution in [1.29, 1.82) is 0 Å². The molecule has 1 aromatic rings. The maximum atomic E-state index is 12.3. The number of nitrogens with one attached hydrogen (secondary N) is 1. The van der Waals surface area contributed by atoms with E-state index in [0.717, 1.165) is 25.7 Å². The van der Waals surface area contributed by atoms with E-state index in [1.54, 1.807) is 0 Å². The zero-order chi connectivity index (χ0) is 14.7. The lowest BCUT2D eigenvalue weighted by molar-refractivity contribution is -0.126. The molecule has 3 unspecified atom stereocenters. The molecule has 0 bridgehead atoms. The Bertz CT molecular complexity index is 469. The van der Waals surface area contributed by atoms with Gasteiger partial charge in [-0.1, -0.05) is 35.7 Å². The fourth-order valence-electron chi connectivity index (χ4n) is 3.14. The van der Waals surface area contributed by atoms with Crippen LogP contribution in [-0.2, 0) is 4.79 Å². The average molecular weight is 311 g/mol. The molecule has 3 nitrogen and oxygen atoms in total. The van der Waals surface area contributed by atoms with Crippen LogP contribution in [0.3, 0.4) is 0 Å². The molecule has 3 atom stereocenters. The molecule has 0 aliphatic heterocycles. The second kappa shape index (κ2) is 7.81. The minimum Gasteiger partial charge on any atom is -0.349 e. The normalized spacial score (nSPS) is 23.0. The van der Waals surface area contributed by atoms with Crippen LogP contribution in [0.4, 0.5) is 0 Å². The van der Waals surface area contributed by atoms with Gasteiger partial charge in [-0.05, 0) is 45.6 Å². The molecule has 118 valence electrons. The fourth-order valence-corrected chi connectivity index (χ4v) is 3.14. The van der Waals surface area contributed by atoms with E-state index < -0.39 is 0 Å². The molecule has 0 radical (unpaired) electrons. The van der Waals surface area contributed by atoms with Gasteiger partial charge in [-0.2, -0.15) is 0 Å². The summed E-state index contributed by atoms with van der Waals surface area (Å²) >= 11 is 0. The number of aryl methyl sites for hydroxylation is 2. The van der Waals surface area contributed by atoms with Gasteiger partial charge in [0.1, 0.15) is 0 Å². The van der Waals surface area contributed by atoms with E-state index in [4.69, 9.17) is 5.73 Å². The van der Waals surface area contributed by atoms with E-state index >= 15 is 0 Å². The van der Waals surface area contributed by atoms with E-state index in [9.17, 15) is 4.79 Å². The fraction of sp³-hybridized carbons (Fsp3) is 0.588. The number of hydrogen-bond donors (Lipinski definition) is 2. The first-order valence-electron chi connectivity index (χ1n) is 7.60. The summed E-state index contributed by atoms with van der Waals surface area (Å²) in [5.74, 6) is 0.249. The van der Waals surface area contributed by atoms with Crippen molar-refractivity contribution in [3.05, 3.63) is 34.9 Å². The van der Waals surface area contributed by atoms with Crippen molar-refractivity contribution in [2.24, 2.45) is 11.7 Å². The van der Waals surface area contributed by atoms with Gasteiger partial charge in [-0.15, -0.1) is 12.4 Å². The van der Waals surface area contributed by atoms with E-state index in [2.05, 4.69) is 44.3 Å². The lowest BCUT2D eigenvalue weighted by Gasteiger charge is -2.27. The zero-order valence-electron chi connectivity index (χ0n) is 13.2. The van der Waals surface area contributed by atoms with Crippen LogP contribution in [0.5, 0.6) is 0 Å². The smallest absolute Gasteiger partial charge is 0.223 e. The Morgan fingerprint density at radius 2 is 1.86 bits per heavy atom. The van der Waals surface area contributed by atoms with Crippen molar-refractivity contribution < 1.29 is 4.79 Å². The molecule has 0 aromatic heterocycles. The second-order valence-corrected chi connectivity index (χ2v) is 6.27. The standard InChI is InChI=1S/C17H26N2O.ClH/c1-11-7-12(2)9-15(8-11)13(3)19-17(20)14-5-4-6-16(18)10-14;/h7-9,13-14,16H,4-6,10,18H2,1-3H3,(H,19,20);1H. The lowest BCUT2D eigenvalue weighted by atomic mass is 9.85. The number of benzene rings is 1. The maximum absolute atomic E-state index is 12.3. The van der Waals surface area contributed by atoms with Crippen molar-refractivity contribution in [3.63, 3.8) is 0 Å². The molecule has 0 heterocycles. The molecule has 0 spiro atoms. The van der Waals surface area contributed by atoms with E-state index in [-0.39, 0.29) is 36.3 Å². The second-order valence-electron chi connectivity index (χ2n) is 6.27. The number of carbonyl (C=O) groups excluding carboxylic acids is 1. The molecule has 1 amide bonds. The van der Waals surface area contributed by atoms with Crippen LogP contribution in [0, 0.1) is 19.8 Å². The van der Waals surface area contributed by atoms with Crippen LogP contribution in [0.2, 0.25) is 0 Å². The molecule has 1 saturated carbocycles. The summed E-state index contributed by atoms with van der Waals surface area (Å²) in [6, 6.07) is 6.68. The number of hydrogen-bond acceptors (Lipinski definition) is 2. The average Bonchev–Trinajstić information content (AvgIpc) is 2.37. The Morgan fingerprint density at radius 1 is 1.24 bits per heavy atom. The monoisotopic (exact) mass is 310 g/mol. The molecular weight excluding hydrogens is 284 g/mol. The highest BCUT2D eigenvalue weighted by Crippen LogP contribution is 2.24. The third kappa shape index (κ3) is 5.01. The van der Waals surface area contributed by atoms with Crippen LogP contribution >= 0.6 is 12.4 Å². The predicted molar refractivity (Wildman–Crippen MR) is 89.7 cm³/mol. The molecule has 21 heavy (non-hydrogen) atoms. The van der Waals surface area contributed by atoms with Crippen molar-refractivity contribution in [2.45, 2.75) is 58.5 Å². The summed E-state index contributed by atoms with van der Waals surface area (Å²) < 4.78 is 0. The highest BCUT2D eigenvalue weighted by atomic mass is 35.5. The van der Waals surface area contributed by atoms with Gasteiger partial charge < -0.3 is 11.1 Å². The third-order valence-corrected chi connectivity index (χ3v) is 4.19. The van der Waals surface area contributed by atoms with E-state index in [1.807, 2.05) is 0 Å². The molecule has 1 aliphatic rings. The minimum atomic E-state index is 0. The molecule has 3 N–H and O–H groups in total. The van der Waals surface area contributed by atoms with Gasteiger partial charge in [0.15, 0.2) is 0 Å². The van der Waals surface area contributed by atoms with E-state index in [1.165, 1.54) is 16.7 Å². The molecule has 4 heteroatoms. The number of amides is 1. The summed E-state index contributed by atoms with van der Waals surface area (Å²) in [6.07, 6.45) is 3.91. The largest absolute Gasteiger partial charge is 0.349 e. The number of nitrogens with two attached hydrogens (primary N) is 1. The number of rotatable bonds is 3. The molecule has 1 aliphatic carbocycles. The summed E-state index contributed by atoms with van der Waals surface area (Å²) in [4.78, 5) is 12.3. The summed E-state index contributed by atoms with van der Waals surface area (Å²) in [7, 11) is 0. The zero-order valence-corrected chi connectivity index (χ0v) is 14.0. The lowest BCUT2D eigenvalue weighted by Crippen LogP contribution is -2.38. The highest BCUT2D eigenvalue weighted by molar-refractivity contribution is 5.85. The summed E-state index contributed by atoms with van der Waals surface area (Å²) in [5, 5.41) is 3.15. The Hall–Kier alpha value is -1.06. The Balaban J connectivity index is 0.00000220. The van der Waals surface area contributed by atoms with Crippen molar-refractivity contribution >= 4 is 18.3 Å². The van der Waals surface area contributed by atoms with Crippen LogP contribution in [-0.4, -0.2) is 11.9 Å². The Labute approximate surface area is 134 Å². The first-order chi connectivity index (χ1) is 9.45. The quantitative estimate of drug-likeness (QED) is 0.898. The van der Waals surface area contributed by atoms with Crippen molar-refractivity contribution in [3.8, 4) is 0 Å². The van der Waals surface area contributed by atoms with Crippen LogP contribution < -0.4 is 11.1 Å². The van der Waals surface area contributed by atoms with Gasteiger partial charge in [0.25, 0.3) is 0 Å². The van der Waals surface area contributed by atoms with Crippen molar-refractivity contribution in [2.75, 3.05) is 0 Å². The van der Waals surface area contributed by atoms with Gasteiger partial charge in [-0.25, -0.2) is 0 Å². The summed E-state index contributed by atoms with van der Waals surface area (Å²) in [5.41, 5.74) is 9.62. The molecule has 1 fully saturated rings. The van der Waals surface area contributed by atoms with Crippen molar-refractivity contribution in [1.82, 2.24) is 5.32 Å². The van der Waals surface area contributed by atoms with Gasteiger partial charge in [0, 0.05) is 12.0 Å². The topological polar surface area (TPSA) is 55.1 Å². The Morgan fingerprint density at radius 3 is 2.43 bits per heavy atom. The van der Waals surface area contributed by atoms with Gasteiger partial charge >= 0.3 is 0 Å². The number of carbonyl (C=O) groups is 1. The highest BCUT2D eigenvalue weighted by Gasteiger charge is 2.26. The van der Waals surface area contributed by atoms with Crippen LogP contribution in [0.25, 0.3) is 0 Å². The van der Waals surface area contributed by atoms with Crippen LogP contribution in [0.1, 0.15) is 55.3 Å². The Kier molecular flexibility index (Phi) is 6.69. The third-order valence-electron chi connectivity index (χ3n) is 4.19. The minimum absolute atomic E-state index is 0. The predicted octanol–water partition coefficient (Wildman–Crippen LogP) is 3.42. The summed E-state index contributed by atoms with van der Waals surface area (Å²) in [6.45, 7) is 6.23. The maximum Gasteiger partial charge on any atom is 0.223 e. The SMILES string of the molecule is Cc1cc(C)cc(C(C)NC(=O)C2CCCC(N)C2)c1.Cl. The van der Waals surface area contributed by atoms with Gasteiger partial charge in [0.05, 0.1) is 6.04 Å². The first kappa shape index (κ1) is 18.0. The van der Waals surface area contributed by atoms with Gasteiger partial charge in [-0.3, -0.25) is 4.79 Å². The first-order valence-corrected chi connectivity index (χ1v) is 7.60. The van der Waals surface area contributed by atoms with Crippen LogP contribution in [0.15, 0.2) is 18.2 Å². The van der Waals surface area contributed by atoms with Gasteiger partial charge in [0.2, 0.25) is 5.91 Å². The molecular formula is C17H27ClN2O. The molecule has 0 saturated heterocycles.